The van der Waals surface area contributed by atoms with E-state index < -0.39 is 0 Å². The lowest BCUT2D eigenvalue weighted by molar-refractivity contribution is 0.178. The molecule has 1 aromatic rings. The molecule has 1 fully saturated rings. The van der Waals surface area contributed by atoms with Gasteiger partial charge < -0.3 is 19.1 Å². The molecule has 0 unspecified atom stereocenters. The Bertz CT molecular complexity index is 527. The van der Waals surface area contributed by atoms with Gasteiger partial charge in [0.05, 0.1) is 21.3 Å². The van der Waals surface area contributed by atoms with Crippen LogP contribution >= 0.6 is 36.4 Å². The SMILES string of the molecule is COc1cc(CN2CCN(C(=S)SC)CC2)cc(OC)c1OC.Cl. The molecule has 1 aliphatic rings. The summed E-state index contributed by atoms with van der Waals surface area (Å²) >= 11 is 7.00. The molecule has 24 heavy (non-hydrogen) atoms. The Labute approximate surface area is 160 Å². The summed E-state index contributed by atoms with van der Waals surface area (Å²) in [6.07, 6.45) is 2.03. The van der Waals surface area contributed by atoms with E-state index in [2.05, 4.69) is 9.80 Å². The van der Waals surface area contributed by atoms with Crippen LogP contribution in [0.4, 0.5) is 0 Å². The smallest absolute Gasteiger partial charge is 0.203 e. The predicted octanol–water partition coefficient (Wildman–Crippen LogP) is 2.90. The fourth-order valence-electron chi connectivity index (χ4n) is 2.70. The number of methoxy groups -OCH3 is 3. The highest BCUT2D eigenvalue weighted by Gasteiger charge is 2.20. The summed E-state index contributed by atoms with van der Waals surface area (Å²) in [5, 5.41) is 0. The van der Waals surface area contributed by atoms with Gasteiger partial charge in [-0.15, -0.1) is 24.2 Å². The number of hydrogen-bond donors (Lipinski definition) is 0. The van der Waals surface area contributed by atoms with Gasteiger partial charge in [-0.1, -0.05) is 12.2 Å². The molecule has 1 saturated heterocycles. The van der Waals surface area contributed by atoms with Crippen molar-refractivity contribution < 1.29 is 14.2 Å². The second-order valence-corrected chi connectivity index (χ2v) is 6.71. The largest absolute Gasteiger partial charge is 0.493 e. The van der Waals surface area contributed by atoms with Crippen molar-refractivity contribution in [1.82, 2.24) is 9.80 Å². The fourth-order valence-corrected chi connectivity index (χ4v) is 3.33. The first kappa shape index (κ1) is 21.2. The maximum Gasteiger partial charge on any atom is 0.203 e. The summed E-state index contributed by atoms with van der Waals surface area (Å²) in [5.41, 5.74) is 1.15. The molecule has 8 heteroatoms. The van der Waals surface area contributed by atoms with E-state index >= 15 is 0 Å². The van der Waals surface area contributed by atoms with E-state index in [1.807, 2.05) is 18.4 Å². The zero-order valence-corrected chi connectivity index (χ0v) is 17.0. The molecular weight excluding hydrogens is 368 g/mol. The first-order valence-electron chi connectivity index (χ1n) is 7.47. The summed E-state index contributed by atoms with van der Waals surface area (Å²) in [7, 11) is 4.90. The van der Waals surface area contributed by atoms with Crippen molar-refractivity contribution in [3.63, 3.8) is 0 Å². The van der Waals surface area contributed by atoms with Crippen LogP contribution in [-0.4, -0.2) is 67.9 Å². The van der Waals surface area contributed by atoms with Gasteiger partial charge in [0, 0.05) is 32.7 Å². The normalized spacial score (nSPS) is 14.8. The van der Waals surface area contributed by atoms with Gasteiger partial charge >= 0.3 is 0 Å². The molecule has 1 aliphatic heterocycles. The third kappa shape index (κ3) is 5.05. The van der Waals surface area contributed by atoms with Gasteiger partial charge in [-0.2, -0.15) is 0 Å². The van der Waals surface area contributed by atoms with E-state index in [1.165, 1.54) is 0 Å². The number of rotatable bonds is 5. The zero-order valence-electron chi connectivity index (χ0n) is 14.5. The third-order valence-electron chi connectivity index (χ3n) is 3.94. The van der Waals surface area contributed by atoms with Crippen LogP contribution in [0.1, 0.15) is 5.56 Å². The Balaban J connectivity index is 0.00000288. The first-order valence-corrected chi connectivity index (χ1v) is 9.10. The lowest BCUT2D eigenvalue weighted by atomic mass is 10.1. The molecule has 0 aromatic heterocycles. The van der Waals surface area contributed by atoms with Crippen molar-refractivity contribution in [2.75, 3.05) is 53.8 Å². The van der Waals surface area contributed by atoms with Crippen LogP contribution in [0.3, 0.4) is 0 Å². The van der Waals surface area contributed by atoms with E-state index in [0.717, 1.165) is 42.6 Å². The van der Waals surface area contributed by atoms with E-state index in [9.17, 15) is 0 Å². The molecule has 5 nitrogen and oxygen atoms in total. The second-order valence-electron chi connectivity index (χ2n) is 5.27. The number of thioether (sulfide) groups is 1. The number of ether oxygens (including phenoxy) is 3. The van der Waals surface area contributed by atoms with Crippen molar-refractivity contribution in [1.29, 1.82) is 0 Å². The maximum absolute atomic E-state index is 5.42. The quantitative estimate of drug-likeness (QED) is 0.712. The Morgan fingerprint density at radius 1 is 1.04 bits per heavy atom. The molecule has 136 valence electrons. The van der Waals surface area contributed by atoms with Crippen LogP contribution in [0.15, 0.2) is 12.1 Å². The highest BCUT2D eigenvalue weighted by atomic mass is 35.5. The van der Waals surface area contributed by atoms with E-state index in [0.29, 0.717) is 17.2 Å². The van der Waals surface area contributed by atoms with Gasteiger partial charge in [0.1, 0.15) is 4.32 Å². The molecule has 1 aromatic carbocycles. The van der Waals surface area contributed by atoms with Gasteiger partial charge in [0.15, 0.2) is 11.5 Å². The van der Waals surface area contributed by atoms with Crippen LogP contribution in [0.5, 0.6) is 17.2 Å². The molecule has 0 N–H and O–H groups in total. The number of nitrogens with zero attached hydrogens (tertiary/aromatic N) is 2. The summed E-state index contributed by atoms with van der Waals surface area (Å²) < 4.78 is 17.2. The second kappa shape index (κ2) is 10.2. The highest BCUT2D eigenvalue weighted by molar-refractivity contribution is 8.22. The summed E-state index contributed by atoms with van der Waals surface area (Å²) in [6.45, 7) is 4.81. The topological polar surface area (TPSA) is 34.2 Å². The minimum Gasteiger partial charge on any atom is -0.493 e. The Hall–Kier alpha value is -0.890. The van der Waals surface area contributed by atoms with Crippen molar-refractivity contribution in [2.24, 2.45) is 0 Å². The van der Waals surface area contributed by atoms with Crippen molar-refractivity contribution in [3.05, 3.63) is 17.7 Å². The number of thiocarbonyl (C=S) groups is 1. The number of piperazine rings is 1. The molecule has 0 spiro atoms. The molecule has 0 radical (unpaired) electrons. The van der Waals surface area contributed by atoms with Gasteiger partial charge in [-0.05, 0) is 24.0 Å². The predicted molar refractivity (Wildman–Crippen MR) is 106 cm³/mol. The Morgan fingerprint density at radius 2 is 1.58 bits per heavy atom. The molecule has 2 rings (SSSR count). The highest BCUT2D eigenvalue weighted by Crippen LogP contribution is 2.38. The van der Waals surface area contributed by atoms with Crippen LogP contribution in [0.2, 0.25) is 0 Å². The van der Waals surface area contributed by atoms with Crippen molar-refractivity contribution >= 4 is 40.7 Å². The van der Waals surface area contributed by atoms with Crippen molar-refractivity contribution in [2.45, 2.75) is 6.54 Å². The van der Waals surface area contributed by atoms with E-state index in [4.69, 9.17) is 26.4 Å². The van der Waals surface area contributed by atoms with Crippen LogP contribution in [-0.2, 0) is 6.54 Å². The minimum absolute atomic E-state index is 0. The van der Waals surface area contributed by atoms with Gasteiger partial charge in [0.2, 0.25) is 5.75 Å². The fraction of sp³-hybridized carbons (Fsp3) is 0.562. The van der Waals surface area contributed by atoms with E-state index in [-0.39, 0.29) is 12.4 Å². The van der Waals surface area contributed by atoms with Gasteiger partial charge in [0.25, 0.3) is 0 Å². The van der Waals surface area contributed by atoms with Crippen LogP contribution < -0.4 is 14.2 Å². The Morgan fingerprint density at radius 3 is 2.00 bits per heavy atom. The lowest BCUT2D eigenvalue weighted by Crippen LogP contribution is -2.47. The Kier molecular flexibility index (Phi) is 8.97. The maximum atomic E-state index is 5.42. The van der Waals surface area contributed by atoms with Crippen molar-refractivity contribution in [3.8, 4) is 17.2 Å². The molecule has 1 heterocycles. The number of hydrogen-bond acceptors (Lipinski definition) is 6. The summed E-state index contributed by atoms with van der Waals surface area (Å²) in [6, 6.07) is 4.03. The van der Waals surface area contributed by atoms with Gasteiger partial charge in [-0.25, -0.2) is 0 Å². The standard InChI is InChI=1S/C16H24N2O3S2.ClH/c1-19-13-9-12(10-14(20-2)15(13)21-3)11-17-5-7-18(8-6-17)16(22)23-4;/h9-10H,5-8,11H2,1-4H3;1H. The molecule has 0 amide bonds. The molecule has 0 aliphatic carbocycles. The zero-order chi connectivity index (χ0) is 16.8. The molecule has 0 atom stereocenters. The molecular formula is C16H25ClN2O3S2. The molecule has 0 bridgehead atoms. The average molecular weight is 393 g/mol. The summed E-state index contributed by atoms with van der Waals surface area (Å²) in [5.74, 6) is 2.03. The lowest BCUT2D eigenvalue weighted by Gasteiger charge is -2.35. The van der Waals surface area contributed by atoms with Gasteiger partial charge in [-0.3, -0.25) is 4.90 Å². The average Bonchev–Trinajstić information content (AvgIpc) is 2.60. The first-order chi connectivity index (χ1) is 11.1. The third-order valence-corrected chi connectivity index (χ3v) is 5.30. The van der Waals surface area contributed by atoms with E-state index in [1.54, 1.807) is 33.1 Å². The molecule has 0 saturated carbocycles. The monoisotopic (exact) mass is 392 g/mol. The van der Waals surface area contributed by atoms with Crippen LogP contribution in [0, 0.1) is 0 Å². The summed E-state index contributed by atoms with van der Waals surface area (Å²) in [4.78, 5) is 4.69. The number of benzene rings is 1. The number of halogens is 1. The van der Waals surface area contributed by atoms with Crippen LogP contribution in [0.25, 0.3) is 0 Å². The minimum atomic E-state index is 0.